The standard InChI is InChI=1S/C14H22N2OS/c1-11(2)15-9-5-8-14(17)16-12-6-4-7-13(10-12)18-3/h4,6-7,10-11,15H,5,8-9H2,1-3H3,(H,16,17). The average Bonchev–Trinajstić information content (AvgIpc) is 2.34. The minimum atomic E-state index is 0.0822. The van der Waals surface area contributed by atoms with Gasteiger partial charge in [-0.1, -0.05) is 19.9 Å². The first-order valence-electron chi connectivity index (χ1n) is 6.29. The van der Waals surface area contributed by atoms with Gasteiger partial charge in [0.05, 0.1) is 0 Å². The first-order valence-corrected chi connectivity index (χ1v) is 7.51. The van der Waals surface area contributed by atoms with Crippen LogP contribution in [0.3, 0.4) is 0 Å². The summed E-state index contributed by atoms with van der Waals surface area (Å²) in [6.07, 6.45) is 3.45. The van der Waals surface area contributed by atoms with Crippen LogP contribution in [-0.4, -0.2) is 24.7 Å². The minimum absolute atomic E-state index is 0.0822. The lowest BCUT2D eigenvalue weighted by atomic mass is 10.2. The molecule has 4 heteroatoms. The van der Waals surface area contributed by atoms with E-state index in [1.54, 1.807) is 11.8 Å². The largest absolute Gasteiger partial charge is 0.326 e. The van der Waals surface area contributed by atoms with Crippen molar-refractivity contribution in [2.75, 3.05) is 18.1 Å². The molecule has 1 aromatic rings. The molecule has 100 valence electrons. The number of benzene rings is 1. The van der Waals surface area contributed by atoms with E-state index in [9.17, 15) is 4.79 Å². The van der Waals surface area contributed by atoms with Gasteiger partial charge in [0, 0.05) is 23.0 Å². The summed E-state index contributed by atoms with van der Waals surface area (Å²) in [5.41, 5.74) is 0.878. The molecule has 0 aromatic heterocycles. The molecule has 0 unspecified atom stereocenters. The molecule has 2 N–H and O–H groups in total. The normalized spacial score (nSPS) is 10.7. The van der Waals surface area contributed by atoms with Gasteiger partial charge in [-0.2, -0.15) is 0 Å². The molecule has 18 heavy (non-hydrogen) atoms. The summed E-state index contributed by atoms with van der Waals surface area (Å²) < 4.78 is 0. The lowest BCUT2D eigenvalue weighted by Gasteiger charge is -2.08. The van der Waals surface area contributed by atoms with Crippen molar-refractivity contribution in [3.63, 3.8) is 0 Å². The SMILES string of the molecule is CSc1cccc(NC(=O)CCCNC(C)C)c1. The molecular formula is C14H22N2OS. The van der Waals surface area contributed by atoms with Crippen LogP contribution >= 0.6 is 11.8 Å². The molecule has 0 saturated carbocycles. The maximum absolute atomic E-state index is 11.7. The number of hydrogen-bond donors (Lipinski definition) is 2. The molecule has 0 atom stereocenters. The fraction of sp³-hybridized carbons (Fsp3) is 0.500. The van der Waals surface area contributed by atoms with Crippen molar-refractivity contribution >= 4 is 23.4 Å². The van der Waals surface area contributed by atoms with Crippen LogP contribution in [0.2, 0.25) is 0 Å². The topological polar surface area (TPSA) is 41.1 Å². The van der Waals surface area contributed by atoms with E-state index in [0.717, 1.165) is 23.5 Å². The number of anilines is 1. The van der Waals surface area contributed by atoms with Crippen molar-refractivity contribution in [3.05, 3.63) is 24.3 Å². The Morgan fingerprint density at radius 1 is 1.39 bits per heavy atom. The highest BCUT2D eigenvalue weighted by molar-refractivity contribution is 7.98. The summed E-state index contributed by atoms with van der Waals surface area (Å²) in [5, 5.41) is 6.22. The van der Waals surface area contributed by atoms with Gasteiger partial charge in [-0.25, -0.2) is 0 Å². The molecule has 0 aliphatic heterocycles. The second-order valence-corrected chi connectivity index (χ2v) is 5.37. The maximum Gasteiger partial charge on any atom is 0.224 e. The Labute approximate surface area is 114 Å². The van der Waals surface area contributed by atoms with Gasteiger partial charge >= 0.3 is 0 Å². The lowest BCUT2D eigenvalue weighted by Crippen LogP contribution is -2.24. The Bertz CT molecular complexity index is 380. The van der Waals surface area contributed by atoms with Crippen LogP contribution in [0, 0.1) is 0 Å². The van der Waals surface area contributed by atoms with Crippen molar-refractivity contribution in [1.82, 2.24) is 5.32 Å². The zero-order valence-corrected chi connectivity index (χ0v) is 12.1. The minimum Gasteiger partial charge on any atom is -0.326 e. The summed E-state index contributed by atoms with van der Waals surface area (Å²) >= 11 is 1.67. The van der Waals surface area contributed by atoms with E-state index in [1.807, 2.05) is 30.5 Å². The van der Waals surface area contributed by atoms with E-state index in [4.69, 9.17) is 0 Å². The summed E-state index contributed by atoms with van der Waals surface area (Å²) in [7, 11) is 0. The van der Waals surface area contributed by atoms with Gasteiger partial charge in [-0.3, -0.25) is 4.79 Å². The lowest BCUT2D eigenvalue weighted by molar-refractivity contribution is -0.116. The predicted octanol–water partition coefficient (Wildman–Crippen LogP) is 3.13. The van der Waals surface area contributed by atoms with Gasteiger partial charge in [0.25, 0.3) is 0 Å². The summed E-state index contributed by atoms with van der Waals surface area (Å²) in [6.45, 7) is 5.10. The Kier molecular flexibility index (Phi) is 6.83. The number of rotatable bonds is 7. The molecule has 0 heterocycles. The molecule has 0 spiro atoms. The molecular weight excluding hydrogens is 244 g/mol. The number of amides is 1. The van der Waals surface area contributed by atoms with Gasteiger partial charge < -0.3 is 10.6 Å². The van der Waals surface area contributed by atoms with Crippen molar-refractivity contribution in [2.45, 2.75) is 37.6 Å². The predicted molar refractivity (Wildman–Crippen MR) is 79.2 cm³/mol. The molecule has 1 aromatic carbocycles. The molecule has 0 fully saturated rings. The monoisotopic (exact) mass is 266 g/mol. The second-order valence-electron chi connectivity index (χ2n) is 4.49. The number of carbonyl (C=O) groups excluding carboxylic acids is 1. The smallest absolute Gasteiger partial charge is 0.224 e. The van der Waals surface area contributed by atoms with Crippen LogP contribution in [0.25, 0.3) is 0 Å². The highest BCUT2D eigenvalue weighted by atomic mass is 32.2. The Hall–Kier alpha value is -1.00. The number of nitrogens with one attached hydrogen (secondary N) is 2. The van der Waals surface area contributed by atoms with Crippen molar-refractivity contribution in [3.8, 4) is 0 Å². The van der Waals surface area contributed by atoms with Gasteiger partial charge in [-0.05, 0) is 37.4 Å². The zero-order valence-electron chi connectivity index (χ0n) is 11.3. The summed E-state index contributed by atoms with van der Waals surface area (Å²) in [6, 6.07) is 8.39. The van der Waals surface area contributed by atoms with Crippen LogP contribution in [0.1, 0.15) is 26.7 Å². The quantitative estimate of drug-likeness (QED) is 0.588. The van der Waals surface area contributed by atoms with E-state index in [-0.39, 0.29) is 5.91 Å². The van der Waals surface area contributed by atoms with E-state index < -0.39 is 0 Å². The number of carbonyl (C=O) groups is 1. The molecule has 1 amide bonds. The van der Waals surface area contributed by atoms with Crippen LogP contribution < -0.4 is 10.6 Å². The van der Waals surface area contributed by atoms with E-state index in [1.165, 1.54) is 0 Å². The highest BCUT2D eigenvalue weighted by Gasteiger charge is 2.03. The molecule has 3 nitrogen and oxygen atoms in total. The van der Waals surface area contributed by atoms with Crippen molar-refractivity contribution < 1.29 is 4.79 Å². The third kappa shape index (κ3) is 6.07. The van der Waals surface area contributed by atoms with E-state index in [0.29, 0.717) is 12.5 Å². The van der Waals surface area contributed by atoms with Crippen LogP contribution in [0.15, 0.2) is 29.2 Å². The number of hydrogen-bond acceptors (Lipinski definition) is 3. The summed E-state index contributed by atoms with van der Waals surface area (Å²) in [5.74, 6) is 0.0822. The first-order chi connectivity index (χ1) is 8.61. The highest BCUT2D eigenvalue weighted by Crippen LogP contribution is 2.19. The van der Waals surface area contributed by atoms with Gasteiger partial charge in [0.15, 0.2) is 0 Å². The molecule has 0 saturated heterocycles. The van der Waals surface area contributed by atoms with Gasteiger partial charge in [0.2, 0.25) is 5.91 Å². The maximum atomic E-state index is 11.7. The second kappa shape index (κ2) is 8.16. The fourth-order valence-corrected chi connectivity index (χ4v) is 2.02. The van der Waals surface area contributed by atoms with Gasteiger partial charge in [-0.15, -0.1) is 11.8 Å². The zero-order chi connectivity index (χ0) is 13.4. The fourth-order valence-electron chi connectivity index (χ4n) is 1.56. The molecule has 1 rings (SSSR count). The van der Waals surface area contributed by atoms with E-state index in [2.05, 4.69) is 24.5 Å². The summed E-state index contributed by atoms with van der Waals surface area (Å²) in [4.78, 5) is 12.9. The Morgan fingerprint density at radius 3 is 2.83 bits per heavy atom. The molecule has 0 radical (unpaired) electrons. The Balaban J connectivity index is 2.30. The third-order valence-corrected chi connectivity index (χ3v) is 3.21. The number of thioether (sulfide) groups is 1. The van der Waals surface area contributed by atoms with E-state index >= 15 is 0 Å². The van der Waals surface area contributed by atoms with Crippen LogP contribution in [-0.2, 0) is 4.79 Å². The first kappa shape index (κ1) is 15.1. The van der Waals surface area contributed by atoms with Crippen molar-refractivity contribution in [1.29, 1.82) is 0 Å². The third-order valence-electron chi connectivity index (χ3n) is 2.49. The average molecular weight is 266 g/mol. The van der Waals surface area contributed by atoms with Crippen molar-refractivity contribution in [2.24, 2.45) is 0 Å². The molecule has 0 aliphatic rings. The molecule has 0 aliphatic carbocycles. The van der Waals surface area contributed by atoms with Gasteiger partial charge in [0.1, 0.15) is 0 Å². The molecule has 0 bridgehead atoms. The van der Waals surface area contributed by atoms with Crippen LogP contribution in [0.4, 0.5) is 5.69 Å². The van der Waals surface area contributed by atoms with Crippen LogP contribution in [0.5, 0.6) is 0 Å². The Morgan fingerprint density at radius 2 is 2.17 bits per heavy atom.